The number of allylic oxidation sites excluding steroid dienone is 3. The molecule has 9 nitrogen and oxygen atoms in total. The molecular weight excluding hydrogens is 632 g/mol. The molecule has 2 atom stereocenters. The van der Waals surface area contributed by atoms with Crippen LogP contribution >= 0.6 is 0 Å². The fourth-order valence-electron chi connectivity index (χ4n) is 5.74. The first-order chi connectivity index (χ1) is 24.3. The van der Waals surface area contributed by atoms with Gasteiger partial charge in [-0.05, 0) is 70.3 Å². The highest BCUT2D eigenvalue weighted by molar-refractivity contribution is 5.87. The number of aliphatic carboxylic acids is 1. The smallest absolute Gasteiger partial charge is 0.328 e. The van der Waals surface area contributed by atoms with Crippen molar-refractivity contribution in [1.82, 2.24) is 10.6 Å². The van der Waals surface area contributed by atoms with Gasteiger partial charge in [-0.2, -0.15) is 0 Å². The standard InChI is InChI=1S/C41H74N2O7/c1-3-5-7-9-11-12-13-14-15-16-17-18-19-21-23-29-33-40(47)50-36(30-26-22-20-10-8-6-4-2)31-27-24-25-28-32-38(45)42-34-39(46)43-37(35-44)41(48)49/h15-16,26,30,36-37,44H,3-14,17-25,27-29,31-35H2,1-2H3,(H,42,45)(H,43,46)(H,48,49)/b16-15-,30-26-. The van der Waals surface area contributed by atoms with Gasteiger partial charge < -0.3 is 25.6 Å². The predicted octanol–water partition coefficient (Wildman–Crippen LogP) is 9.26. The minimum absolute atomic E-state index is 0.120. The van der Waals surface area contributed by atoms with Crippen LogP contribution in [0, 0.1) is 0 Å². The number of unbranched alkanes of at least 4 members (excludes halogenated alkanes) is 20. The Morgan fingerprint density at radius 1 is 0.600 bits per heavy atom. The van der Waals surface area contributed by atoms with Crippen molar-refractivity contribution in [3.05, 3.63) is 24.3 Å². The van der Waals surface area contributed by atoms with Gasteiger partial charge in [-0.25, -0.2) is 4.79 Å². The lowest BCUT2D eigenvalue weighted by Gasteiger charge is -2.15. The highest BCUT2D eigenvalue weighted by Gasteiger charge is 2.18. The van der Waals surface area contributed by atoms with Crippen molar-refractivity contribution in [3.63, 3.8) is 0 Å². The summed E-state index contributed by atoms with van der Waals surface area (Å²) in [5.74, 6) is -2.40. The second-order valence-corrected chi connectivity index (χ2v) is 13.7. The van der Waals surface area contributed by atoms with Gasteiger partial charge in [0.25, 0.3) is 0 Å². The number of carboxylic acid groups (broad SMARTS) is 1. The molecule has 290 valence electrons. The Morgan fingerprint density at radius 3 is 1.62 bits per heavy atom. The second-order valence-electron chi connectivity index (χ2n) is 13.7. The third-order valence-electron chi connectivity index (χ3n) is 8.91. The largest absolute Gasteiger partial charge is 0.480 e. The van der Waals surface area contributed by atoms with Gasteiger partial charge in [-0.15, -0.1) is 0 Å². The summed E-state index contributed by atoms with van der Waals surface area (Å²) in [5.41, 5.74) is 0. The van der Waals surface area contributed by atoms with E-state index in [1.165, 1.54) is 89.9 Å². The van der Waals surface area contributed by atoms with Crippen LogP contribution < -0.4 is 10.6 Å². The molecule has 2 amide bonds. The van der Waals surface area contributed by atoms with E-state index in [0.717, 1.165) is 64.2 Å². The maximum Gasteiger partial charge on any atom is 0.328 e. The van der Waals surface area contributed by atoms with E-state index in [1.807, 2.05) is 0 Å². The predicted molar refractivity (Wildman–Crippen MR) is 204 cm³/mol. The monoisotopic (exact) mass is 707 g/mol. The Labute approximate surface area is 304 Å². The zero-order chi connectivity index (χ0) is 36.9. The van der Waals surface area contributed by atoms with E-state index in [0.29, 0.717) is 12.8 Å². The number of carbonyl (C=O) groups is 4. The summed E-state index contributed by atoms with van der Waals surface area (Å²) in [6.45, 7) is 3.42. The van der Waals surface area contributed by atoms with Crippen LogP contribution in [0.1, 0.15) is 187 Å². The van der Waals surface area contributed by atoms with Gasteiger partial charge in [0.2, 0.25) is 11.8 Å². The molecule has 0 saturated heterocycles. The molecule has 0 radical (unpaired) electrons. The molecule has 0 aromatic heterocycles. The van der Waals surface area contributed by atoms with Crippen LogP contribution in [0.5, 0.6) is 0 Å². The van der Waals surface area contributed by atoms with Gasteiger partial charge in [-0.3, -0.25) is 14.4 Å². The Kier molecular flexibility index (Phi) is 34.2. The second kappa shape index (κ2) is 36.1. The van der Waals surface area contributed by atoms with Crippen molar-refractivity contribution in [2.24, 2.45) is 0 Å². The molecule has 0 aliphatic carbocycles. The van der Waals surface area contributed by atoms with Gasteiger partial charge in [0.05, 0.1) is 13.2 Å². The number of carbonyl (C=O) groups excluding carboxylic acids is 3. The van der Waals surface area contributed by atoms with Crippen molar-refractivity contribution in [2.75, 3.05) is 13.2 Å². The zero-order valence-corrected chi connectivity index (χ0v) is 31.9. The molecule has 0 spiro atoms. The number of esters is 1. The van der Waals surface area contributed by atoms with Crippen molar-refractivity contribution in [1.29, 1.82) is 0 Å². The summed E-state index contributed by atoms with van der Waals surface area (Å²) in [7, 11) is 0. The van der Waals surface area contributed by atoms with Gasteiger partial charge in [0.15, 0.2) is 0 Å². The number of aliphatic hydroxyl groups excluding tert-OH is 1. The minimum atomic E-state index is -1.39. The molecule has 0 heterocycles. The summed E-state index contributed by atoms with van der Waals surface area (Å²) in [4.78, 5) is 47.4. The Balaban J connectivity index is 4.23. The summed E-state index contributed by atoms with van der Waals surface area (Å²) >= 11 is 0. The average Bonchev–Trinajstić information content (AvgIpc) is 3.10. The van der Waals surface area contributed by atoms with Crippen LogP contribution in [-0.4, -0.2) is 59.3 Å². The maximum absolute atomic E-state index is 12.7. The topological polar surface area (TPSA) is 142 Å². The van der Waals surface area contributed by atoms with Gasteiger partial charge >= 0.3 is 11.9 Å². The number of hydrogen-bond acceptors (Lipinski definition) is 6. The molecule has 0 rings (SSSR count). The van der Waals surface area contributed by atoms with Crippen LogP contribution in [-0.2, 0) is 23.9 Å². The van der Waals surface area contributed by atoms with Crippen LogP contribution in [0.3, 0.4) is 0 Å². The van der Waals surface area contributed by atoms with E-state index in [-0.39, 0.29) is 30.9 Å². The third-order valence-corrected chi connectivity index (χ3v) is 8.91. The third kappa shape index (κ3) is 32.5. The molecule has 0 aliphatic heterocycles. The number of nitrogens with one attached hydrogen (secondary N) is 2. The molecule has 4 N–H and O–H groups in total. The summed E-state index contributed by atoms with van der Waals surface area (Å²) in [6.07, 6.45) is 38.0. The normalized spacial score (nSPS) is 12.7. The van der Waals surface area contributed by atoms with Gasteiger partial charge in [0, 0.05) is 12.8 Å². The van der Waals surface area contributed by atoms with E-state index in [1.54, 1.807) is 0 Å². The molecule has 0 saturated carbocycles. The summed E-state index contributed by atoms with van der Waals surface area (Å²) in [6, 6.07) is -1.39. The van der Waals surface area contributed by atoms with Crippen LogP contribution in [0.2, 0.25) is 0 Å². The molecule has 2 unspecified atom stereocenters. The van der Waals surface area contributed by atoms with E-state index < -0.39 is 24.5 Å². The molecule has 0 aromatic rings. The van der Waals surface area contributed by atoms with Crippen LogP contribution in [0.4, 0.5) is 0 Å². The molecule has 0 fully saturated rings. The van der Waals surface area contributed by atoms with E-state index in [4.69, 9.17) is 14.9 Å². The van der Waals surface area contributed by atoms with E-state index >= 15 is 0 Å². The molecule has 0 aromatic carbocycles. The number of rotatable bonds is 36. The quantitative estimate of drug-likeness (QED) is 0.0289. The number of ether oxygens (including phenoxy) is 1. The molecular formula is C41H74N2O7. The molecule has 0 bridgehead atoms. The summed E-state index contributed by atoms with van der Waals surface area (Å²) in [5, 5.41) is 22.5. The van der Waals surface area contributed by atoms with Crippen LogP contribution in [0.15, 0.2) is 24.3 Å². The highest BCUT2D eigenvalue weighted by Crippen LogP contribution is 2.15. The number of amides is 2. The van der Waals surface area contributed by atoms with Crippen molar-refractivity contribution in [2.45, 2.75) is 199 Å². The molecule has 9 heteroatoms. The van der Waals surface area contributed by atoms with Gasteiger partial charge in [0.1, 0.15) is 12.1 Å². The zero-order valence-electron chi connectivity index (χ0n) is 31.9. The first-order valence-corrected chi connectivity index (χ1v) is 20.2. The molecule has 0 aliphatic rings. The highest BCUT2D eigenvalue weighted by atomic mass is 16.5. The lowest BCUT2D eigenvalue weighted by molar-refractivity contribution is -0.147. The van der Waals surface area contributed by atoms with E-state index in [9.17, 15) is 19.2 Å². The average molecular weight is 707 g/mol. The lowest BCUT2D eigenvalue weighted by atomic mass is 10.1. The summed E-state index contributed by atoms with van der Waals surface area (Å²) < 4.78 is 5.88. The fourth-order valence-corrected chi connectivity index (χ4v) is 5.74. The van der Waals surface area contributed by atoms with Crippen molar-refractivity contribution in [3.8, 4) is 0 Å². The molecule has 50 heavy (non-hydrogen) atoms. The van der Waals surface area contributed by atoms with Crippen LogP contribution in [0.25, 0.3) is 0 Å². The minimum Gasteiger partial charge on any atom is -0.480 e. The Bertz CT molecular complexity index is 905. The maximum atomic E-state index is 12.7. The van der Waals surface area contributed by atoms with E-state index in [2.05, 4.69) is 48.8 Å². The lowest BCUT2D eigenvalue weighted by Crippen LogP contribution is -2.47. The first-order valence-electron chi connectivity index (χ1n) is 20.2. The van der Waals surface area contributed by atoms with Crippen molar-refractivity contribution >= 4 is 23.8 Å². The van der Waals surface area contributed by atoms with Gasteiger partial charge in [-0.1, -0.05) is 128 Å². The fraction of sp³-hybridized carbons (Fsp3) is 0.805. The SMILES string of the molecule is CCCCCCC/C=C\C(CCCCCCC(=O)NCC(=O)NC(CO)C(=O)O)OC(=O)CCCCCCC/C=C\CCCCCCCCC. The van der Waals surface area contributed by atoms with Crippen molar-refractivity contribution < 1.29 is 34.1 Å². The number of carboxylic acids is 1. The Hall–Kier alpha value is -2.68. The first kappa shape index (κ1) is 47.3. The number of aliphatic hydroxyl groups is 1. The Morgan fingerprint density at radius 2 is 1.08 bits per heavy atom. The number of hydrogen-bond donors (Lipinski definition) is 4.